The van der Waals surface area contributed by atoms with Crippen LogP contribution in [0.2, 0.25) is 0 Å². The van der Waals surface area contributed by atoms with Crippen LogP contribution in [0.1, 0.15) is 41.7 Å². The number of hydrogen-bond acceptors (Lipinski definition) is 5. The van der Waals surface area contributed by atoms with E-state index in [4.69, 9.17) is 0 Å². The van der Waals surface area contributed by atoms with E-state index in [0.717, 1.165) is 31.0 Å². The Balaban J connectivity index is 1.28. The summed E-state index contributed by atoms with van der Waals surface area (Å²) in [6, 6.07) is 11.3. The lowest BCUT2D eigenvalue weighted by Crippen LogP contribution is -2.41. The molecule has 0 saturated heterocycles. The van der Waals surface area contributed by atoms with Gasteiger partial charge in [-0.1, -0.05) is 18.2 Å². The molecule has 35 heavy (non-hydrogen) atoms. The highest BCUT2D eigenvalue weighted by Gasteiger charge is 2.34. The van der Waals surface area contributed by atoms with E-state index in [1.54, 1.807) is 53.6 Å². The van der Waals surface area contributed by atoms with Crippen LogP contribution in [0.5, 0.6) is 0 Å². The normalized spacial score (nSPS) is 18.4. The Hall–Kier alpha value is -3.95. The van der Waals surface area contributed by atoms with Gasteiger partial charge in [0.05, 0.1) is 29.2 Å². The average molecular weight is 480 g/mol. The van der Waals surface area contributed by atoms with Crippen molar-refractivity contribution in [3.63, 3.8) is 0 Å². The van der Waals surface area contributed by atoms with E-state index >= 15 is 0 Å². The number of rotatable bonds is 5. The molecule has 5 rings (SSSR count). The molecule has 180 valence electrons. The first-order valence-electron chi connectivity index (χ1n) is 11.4. The van der Waals surface area contributed by atoms with Crippen molar-refractivity contribution >= 4 is 22.5 Å². The van der Waals surface area contributed by atoms with Gasteiger partial charge in [0.1, 0.15) is 5.69 Å². The maximum absolute atomic E-state index is 13.4. The summed E-state index contributed by atoms with van der Waals surface area (Å²) in [6.45, 7) is 0. The highest BCUT2D eigenvalue weighted by atomic mass is 19.4. The number of halogens is 3. The molecule has 4 aromatic rings. The third kappa shape index (κ3) is 5.11. The fourth-order valence-electron chi connectivity index (χ4n) is 4.45. The molecule has 2 atom stereocenters. The monoisotopic (exact) mass is 480 g/mol. The van der Waals surface area contributed by atoms with Crippen molar-refractivity contribution in [1.82, 2.24) is 25.1 Å². The average Bonchev–Trinajstić information content (AvgIpc) is 3.35. The summed E-state index contributed by atoms with van der Waals surface area (Å²) < 4.78 is 41.8. The summed E-state index contributed by atoms with van der Waals surface area (Å²) in [7, 11) is 0. The standard InChI is InChI=1S/C25H23F3N6O/c26-25(27,28)23-12-22(20-8-1-2-9-21(20)33-23)31-17-5-3-6-18(11-17)32-24(35)16-13-30-34(15-16)19-7-4-10-29-14-19/h1-2,4,7-10,12-15,17-18H,3,5-6,11H2,(H,31,33)(H,32,35)/t17?,18-/m1/s1. The van der Waals surface area contributed by atoms with Gasteiger partial charge < -0.3 is 10.6 Å². The van der Waals surface area contributed by atoms with Gasteiger partial charge in [-0.3, -0.25) is 9.78 Å². The Morgan fingerprint density at radius 2 is 1.89 bits per heavy atom. The lowest BCUT2D eigenvalue weighted by atomic mass is 9.90. The van der Waals surface area contributed by atoms with Gasteiger partial charge in [0.25, 0.3) is 5.91 Å². The summed E-state index contributed by atoms with van der Waals surface area (Å²) in [5, 5.41) is 11.2. The molecule has 1 aromatic carbocycles. The van der Waals surface area contributed by atoms with E-state index in [2.05, 4.69) is 25.7 Å². The predicted octanol–water partition coefficient (Wildman–Crippen LogP) is 4.99. The number of fused-ring (bicyclic) bond motifs is 1. The van der Waals surface area contributed by atoms with E-state index < -0.39 is 11.9 Å². The first-order valence-corrected chi connectivity index (χ1v) is 11.4. The third-order valence-corrected chi connectivity index (χ3v) is 6.13. The Kier molecular flexibility index (Phi) is 6.10. The van der Waals surface area contributed by atoms with Crippen molar-refractivity contribution in [3.8, 4) is 5.69 Å². The topological polar surface area (TPSA) is 84.7 Å². The molecule has 1 aliphatic carbocycles. The number of hydrogen-bond donors (Lipinski definition) is 2. The Labute approximate surface area is 199 Å². The summed E-state index contributed by atoms with van der Waals surface area (Å²) in [5.41, 5.74) is 0.939. The van der Waals surface area contributed by atoms with Crippen LogP contribution in [0.4, 0.5) is 18.9 Å². The fourth-order valence-corrected chi connectivity index (χ4v) is 4.45. The van der Waals surface area contributed by atoms with Crippen molar-refractivity contribution in [3.05, 3.63) is 78.5 Å². The van der Waals surface area contributed by atoms with Gasteiger partial charge >= 0.3 is 6.18 Å². The van der Waals surface area contributed by atoms with E-state index in [1.165, 1.54) is 6.20 Å². The number of aromatic nitrogens is 4. The Morgan fingerprint density at radius 3 is 2.69 bits per heavy atom. The molecule has 0 aliphatic heterocycles. The number of carbonyl (C=O) groups excluding carboxylic acids is 1. The first-order chi connectivity index (χ1) is 16.9. The molecule has 1 saturated carbocycles. The van der Waals surface area contributed by atoms with Crippen molar-refractivity contribution in [2.24, 2.45) is 0 Å². The number of alkyl halides is 3. The highest BCUT2D eigenvalue weighted by molar-refractivity contribution is 5.94. The number of amides is 1. The van der Waals surface area contributed by atoms with Crippen LogP contribution in [-0.2, 0) is 6.18 Å². The van der Waals surface area contributed by atoms with Crippen molar-refractivity contribution in [2.75, 3.05) is 5.32 Å². The van der Waals surface area contributed by atoms with Gasteiger partial charge in [0.15, 0.2) is 0 Å². The number of nitrogens with zero attached hydrogens (tertiary/aromatic N) is 4. The quantitative estimate of drug-likeness (QED) is 0.421. The number of para-hydroxylation sites is 1. The fraction of sp³-hybridized carbons (Fsp3) is 0.280. The number of pyridine rings is 2. The van der Waals surface area contributed by atoms with Gasteiger partial charge in [0, 0.05) is 35.6 Å². The van der Waals surface area contributed by atoms with Crippen LogP contribution in [0.25, 0.3) is 16.6 Å². The molecular weight excluding hydrogens is 457 g/mol. The molecule has 3 aromatic heterocycles. The predicted molar refractivity (Wildman–Crippen MR) is 125 cm³/mol. The summed E-state index contributed by atoms with van der Waals surface area (Å²) >= 11 is 0. The molecule has 1 amide bonds. The molecule has 1 unspecified atom stereocenters. The second-order valence-corrected chi connectivity index (χ2v) is 8.63. The molecule has 3 heterocycles. The van der Waals surface area contributed by atoms with Crippen molar-refractivity contribution in [2.45, 2.75) is 43.9 Å². The van der Waals surface area contributed by atoms with Gasteiger partial charge in [-0.2, -0.15) is 18.3 Å². The van der Waals surface area contributed by atoms with Crippen LogP contribution in [0.15, 0.2) is 67.3 Å². The van der Waals surface area contributed by atoms with Crippen molar-refractivity contribution in [1.29, 1.82) is 0 Å². The lowest BCUT2D eigenvalue weighted by Gasteiger charge is -2.31. The minimum absolute atomic E-state index is 0.0842. The van der Waals surface area contributed by atoms with Crippen LogP contribution in [-0.4, -0.2) is 37.7 Å². The molecule has 7 nitrogen and oxygen atoms in total. The minimum atomic E-state index is -4.54. The zero-order valence-corrected chi connectivity index (χ0v) is 18.7. The van der Waals surface area contributed by atoms with Gasteiger partial charge in [0.2, 0.25) is 0 Å². The van der Waals surface area contributed by atoms with Crippen LogP contribution >= 0.6 is 0 Å². The second-order valence-electron chi connectivity index (χ2n) is 8.63. The number of benzene rings is 1. The SMILES string of the molecule is O=C(N[C@@H]1CCCC(Nc2cc(C(F)(F)F)nc3ccccc23)C1)c1cnn(-c2cccnc2)c1. The number of anilines is 1. The zero-order chi connectivity index (χ0) is 24.4. The molecule has 10 heteroatoms. The first kappa shape index (κ1) is 22.8. The maximum atomic E-state index is 13.4. The molecule has 0 spiro atoms. The summed E-state index contributed by atoms with van der Waals surface area (Å²) in [4.78, 5) is 20.7. The lowest BCUT2D eigenvalue weighted by molar-refractivity contribution is -0.140. The number of carbonyl (C=O) groups is 1. The molecule has 2 N–H and O–H groups in total. The zero-order valence-electron chi connectivity index (χ0n) is 18.7. The third-order valence-electron chi connectivity index (χ3n) is 6.13. The smallest absolute Gasteiger partial charge is 0.382 e. The summed E-state index contributed by atoms with van der Waals surface area (Å²) in [6.07, 6.45) is 4.95. The molecule has 1 aliphatic rings. The van der Waals surface area contributed by atoms with Gasteiger partial charge in [-0.15, -0.1) is 0 Å². The van der Waals surface area contributed by atoms with E-state index in [0.29, 0.717) is 23.1 Å². The van der Waals surface area contributed by atoms with Crippen molar-refractivity contribution < 1.29 is 18.0 Å². The van der Waals surface area contributed by atoms with Crippen LogP contribution in [0.3, 0.4) is 0 Å². The van der Waals surface area contributed by atoms with Crippen LogP contribution in [0, 0.1) is 0 Å². The molecular formula is C25H23F3N6O. The minimum Gasteiger partial charge on any atom is -0.382 e. The number of nitrogens with one attached hydrogen (secondary N) is 2. The highest BCUT2D eigenvalue weighted by Crippen LogP contribution is 2.34. The van der Waals surface area contributed by atoms with E-state index in [9.17, 15) is 18.0 Å². The van der Waals surface area contributed by atoms with Gasteiger partial charge in [-0.25, -0.2) is 9.67 Å². The Morgan fingerprint density at radius 1 is 1.06 bits per heavy atom. The van der Waals surface area contributed by atoms with E-state index in [-0.39, 0.29) is 23.5 Å². The van der Waals surface area contributed by atoms with Gasteiger partial charge in [-0.05, 0) is 49.9 Å². The largest absolute Gasteiger partial charge is 0.433 e. The molecule has 0 radical (unpaired) electrons. The molecule has 1 fully saturated rings. The van der Waals surface area contributed by atoms with E-state index in [1.807, 2.05) is 6.07 Å². The maximum Gasteiger partial charge on any atom is 0.433 e. The Bertz CT molecular complexity index is 1340. The second kappa shape index (κ2) is 9.36. The molecule has 0 bridgehead atoms. The summed E-state index contributed by atoms with van der Waals surface area (Å²) in [5.74, 6) is -0.237. The van der Waals surface area contributed by atoms with Crippen LogP contribution < -0.4 is 10.6 Å².